The summed E-state index contributed by atoms with van der Waals surface area (Å²) in [7, 11) is 4.19. The molecule has 3 rings (SSSR count). The van der Waals surface area contributed by atoms with Crippen LogP contribution in [-0.4, -0.2) is 52.5 Å². The van der Waals surface area contributed by atoms with Crippen LogP contribution in [0.5, 0.6) is 0 Å². The Labute approximate surface area is 174 Å². The van der Waals surface area contributed by atoms with Crippen molar-refractivity contribution >= 4 is 17.3 Å². The molecule has 0 bridgehead atoms. The predicted molar refractivity (Wildman–Crippen MR) is 109 cm³/mol. The molecule has 1 fully saturated rings. The van der Waals surface area contributed by atoms with E-state index in [9.17, 15) is 13.2 Å². The maximum absolute atomic E-state index is 12.6. The van der Waals surface area contributed by atoms with Crippen LogP contribution in [0.25, 0.3) is 11.3 Å². The van der Waals surface area contributed by atoms with Crippen LogP contribution in [0.3, 0.4) is 0 Å². The molecule has 2 aromatic heterocycles. The van der Waals surface area contributed by atoms with Crippen molar-refractivity contribution in [2.24, 2.45) is 5.41 Å². The fourth-order valence-corrected chi connectivity index (χ4v) is 4.29. The fraction of sp³-hybridized carbons (Fsp3) is 0.600. The molecule has 0 atom stereocenters. The van der Waals surface area contributed by atoms with E-state index in [1.54, 1.807) is 18.3 Å². The molecule has 0 radical (unpaired) electrons. The summed E-state index contributed by atoms with van der Waals surface area (Å²) in [5, 5.41) is 7.93. The summed E-state index contributed by atoms with van der Waals surface area (Å²) in [6, 6.07) is 3.56. The first-order chi connectivity index (χ1) is 13.5. The van der Waals surface area contributed by atoms with Crippen molar-refractivity contribution in [1.29, 1.82) is 0 Å². The van der Waals surface area contributed by atoms with Crippen LogP contribution >= 0.6 is 11.6 Å². The van der Waals surface area contributed by atoms with Gasteiger partial charge in [0.1, 0.15) is 11.7 Å². The van der Waals surface area contributed by atoms with E-state index in [4.69, 9.17) is 11.6 Å². The molecule has 1 N–H and O–H groups in total. The molecule has 0 aliphatic heterocycles. The van der Waals surface area contributed by atoms with Crippen LogP contribution < -0.4 is 5.32 Å². The molecule has 2 aromatic rings. The normalized spacial score (nSPS) is 22.8. The highest BCUT2D eigenvalue weighted by molar-refractivity contribution is 6.29. The SMILES string of the molecule is CN(C)CC1(C)CCC(Nc2cc(Cl)ncc2-c2ccn(CC(F)(F)F)n2)CC1. The second kappa shape index (κ2) is 8.52. The molecule has 0 unspecified atom stereocenters. The molecule has 0 amide bonds. The Hall–Kier alpha value is -1.80. The third-order valence-electron chi connectivity index (χ3n) is 5.38. The molecule has 1 aliphatic carbocycles. The van der Waals surface area contributed by atoms with Gasteiger partial charge in [-0.3, -0.25) is 4.68 Å². The molecule has 9 heteroatoms. The summed E-state index contributed by atoms with van der Waals surface area (Å²) < 4.78 is 38.8. The Morgan fingerprint density at radius 2 is 2.00 bits per heavy atom. The molecular weight excluding hydrogens is 403 g/mol. The zero-order chi connectivity index (χ0) is 21.2. The Kier molecular flexibility index (Phi) is 6.43. The van der Waals surface area contributed by atoms with Crippen molar-refractivity contribution in [3.63, 3.8) is 0 Å². The van der Waals surface area contributed by atoms with Gasteiger partial charge in [0, 0.05) is 36.2 Å². The van der Waals surface area contributed by atoms with E-state index in [0.717, 1.165) is 42.6 Å². The van der Waals surface area contributed by atoms with Crippen molar-refractivity contribution in [2.75, 3.05) is 26.0 Å². The summed E-state index contributed by atoms with van der Waals surface area (Å²) in [5.74, 6) is 0. The Bertz CT molecular complexity index is 826. The van der Waals surface area contributed by atoms with Crippen molar-refractivity contribution in [3.05, 3.63) is 29.7 Å². The van der Waals surface area contributed by atoms with Crippen LogP contribution in [0.2, 0.25) is 5.15 Å². The highest BCUT2D eigenvalue weighted by Crippen LogP contribution is 2.38. The second-order valence-corrected chi connectivity index (χ2v) is 8.92. The first kappa shape index (κ1) is 21.9. The number of pyridine rings is 1. The van der Waals surface area contributed by atoms with E-state index in [1.165, 1.54) is 6.20 Å². The first-order valence-electron chi connectivity index (χ1n) is 9.70. The topological polar surface area (TPSA) is 46.0 Å². The van der Waals surface area contributed by atoms with Gasteiger partial charge < -0.3 is 10.2 Å². The van der Waals surface area contributed by atoms with E-state index in [2.05, 4.69) is 41.3 Å². The predicted octanol–water partition coefficient (Wildman–Crippen LogP) is 5.08. The van der Waals surface area contributed by atoms with Crippen LogP contribution in [0.15, 0.2) is 24.5 Å². The molecule has 5 nitrogen and oxygen atoms in total. The average Bonchev–Trinajstić information content (AvgIpc) is 3.02. The Morgan fingerprint density at radius 3 is 2.62 bits per heavy atom. The minimum Gasteiger partial charge on any atom is -0.382 e. The lowest BCUT2D eigenvalue weighted by Gasteiger charge is -2.39. The van der Waals surface area contributed by atoms with Gasteiger partial charge in [-0.15, -0.1) is 0 Å². The highest BCUT2D eigenvalue weighted by atomic mass is 35.5. The number of hydrogen-bond acceptors (Lipinski definition) is 4. The maximum Gasteiger partial charge on any atom is 0.408 e. The Morgan fingerprint density at radius 1 is 1.31 bits per heavy atom. The van der Waals surface area contributed by atoms with Gasteiger partial charge in [-0.25, -0.2) is 4.98 Å². The van der Waals surface area contributed by atoms with E-state index in [-0.39, 0.29) is 6.04 Å². The quantitative estimate of drug-likeness (QED) is 0.650. The van der Waals surface area contributed by atoms with E-state index < -0.39 is 12.7 Å². The van der Waals surface area contributed by atoms with Crippen molar-refractivity contribution in [2.45, 2.75) is 51.4 Å². The highest BCUT2D eigenvalue weighted by Gasteiger charge is 2.32. The molecule has 1 aliphatic rings. The lowest BCUT2D eigenvalue weighted by molar-refractivity contribution is -0.142. The first-order valence-corrected chi connectivity index (χ1v) is 10.1. The number of anilines is 1. The molecule has 29 heavy (non-hydrogen) atoms. The third kappa shape index (κ3) is 6.09. The van der Waals surface area contributed by atoms with Gasteiger partial charge in [0.05, 0.1) is 5.69 Å². The zero-order valence-electron chi connectivity index (χ0n) is 16.9. The minimum atomic E-state index is -4.32. The van der Waals surface area contributed by atoms with Crippen molar-refractivity contribution in [1.82, 2.24) is 19.7 Å². The summed E-state index contributed by atoms with van der Waals surface area (Å²) in [6.07, 6.45) is 2.83. The largest absolute Gasteiger partial charge is 0.408 e. The van der Waals surface area contributed by atoms with E-state index >= 15 is 0 Å². The summed E-state index contributed by atoms with van der Waals surface area (Å²) in [4.78, 5) is 6.33. The van der Waals surface area contributed by atoms with Gasteiger partial charge >= 0.3 is 6.18 Å². The van der Waals surface area contributed by atoms with Gasteiger partial charge in [-0.1, -0.05) is 18.5 Å². The van der Waals surface area contributed by atoms with Gasteiger partial charge in [-0.2, -0.15) is 18.3 Å². The van der Waals surface area contributed by atoms with Gasteiger partial charge in [0.25, 0.3) is 0 Å². The number of rotatable bonds is 6. The van der Waals surface area contributed by atoms with Crippen LogP contribution in [0.1, 0.15) is 32.6 Å². The van der Waals surface area contributed by atoms with Gasteiger partial charge in [-0.05, 0) is 57.3 Å². The summed E-state index contributed by atoms with van der Waals surface area (Å²) in [6.45, 7) is 2.26. The Balaban J connectivity index is 1.74. The third-order valence-corrected chi connectivity index (χ3v) is 5.59. The number of hydrogen-bond donors (Lipinski definition) is 1. The number of halogens is 4. The standard InChI is InChI=1S/C20H27ClF3N5/c1-19(12-28(2)3)7-4-14(5-8-19)26-17-10-18(21)25-11-15(17)16-6-9-29(27-16)13-20(22,23)24/h6,9-11,14H,4-5,7-8,12-13H2,1-3H3,(H,25,26). The molecule has 0 saturated heterocycles. The molecule has 0 aromatic carbocycles. The zero-order valence-corrected chi connectivity index (χ0v) is 17.7. The number of alkyl halides is 3. The number of nitrogens with zero attached hydrogens (tertiary/aromatic N) is 4. The van der Waals surface area contributed by atoms with E-state index in [1.807, 2.05) is 0 Å². The fourth-order valence-electron chi connectivity index (χ4n) is 4.13. The van der Waals surface area contributed by atoms with Crippen molar-refractivity contribution < 1.29 is 13.2 Å². The van der Waals surface area contributed by atoms with Gasteiger partial charge in [0.15, 0.2) is 0 Å². The summed E-state index contributed by atoms with van der Waals surface area (Å²) in [5.41, 5.74) is 2.14. The van der Waals surface area contributed by atoms with Crippen molar-refractivity contribution in [3.8, 4) is 11.3 Å². The average molecular weight is 430 g/mol. The lowest BCUT2D eigenvalue weighted by Crippen LogP contribution is -2.38. The molecule has 0 spiro atoms. The van der Waals surface area contributed by atoms with E-state index in [0.29, 0.717) is 21.8 Å². The van der Waals surface area contributed by atoms with Gasteiger partial charge in [0.2, 0.25) is 0 Å². The second-order valence-electron chi connectivity index (χ2n) is 8.53. The number of nitrogens with one attached hydrogen (secondary N) is 1. The molecular formula is C20H27ClF3N5. The monoisotopic (exact) mass is 429 g/mol. The smallest absolute Gasteiger partial charge is 0.382 e. The minimum absolute atomic E-state index is 0.278. The lowest BCUT2D eigenvalue weighted by atomic mass is 9.73. The number of aromatic nitrogens is 3. The van der Waals surface area contributed by atoms with Crippen LogP contribution in [0, 0.1) is 5.41 Å². The molecule has 2 heterocycles. The molecule has 160 valence electrons. The van der Waals surface area contributed by atoms with Crippen LogP contribution in [-0.2, 0) is 6.54 Å². The maximum atomic E-state index is 12.6. The summed E-state index contributed by atoms with van der Waals surface area (Å²) >= 11 is 6.09. The van der Waals surface area contributed by atoms with Crippen LogP contribution in [0.4, 0.5) is 18.9 Å². The molecule has 1 saturated carbocycles.